The number of carboxylic acid groups (broad SMARTS) is 1. The molecule has 1 aliphatic heterocycles. The summed E-state index contributed by atoms with van der Waals surface area (Å²) in [7, 11) is 1.46. The zero-order valence-corrected chi connectivity index (χ0v) is 11.1. The van der Waals surface area contributed by atoms with Crippen molar-refractivity contribution in [2.45, 2.75) is 12.8 Å². The molecule has 0 aliphatic carbocycles. The Bertz CT molecular complexity index is 523. The van der Waals surface area contributed by atoms with Gasteiger partial charge in [-0.2, -0.15) is 0 Å². The van der Waals surface area contributed by atoms with E-state index in [-0.39, 0.29) is 11.6 Å². The minimum Gasteiger partial charge on any atom is -0.496 e. The molecular weight excluding hydrogens is 264 g/mol. The van der Waals surface area contributed by atoms with Gasteiger partial charge in [0.05, 0.1) is 24.0 Å². The Morgan fingerprint density at radius 2 is 2.10 bits per heavy atom. The van der Waals surface area contributed by atoms with Gasteiger partial charge in [0.2, 0.25) is 0 Å². The number of ether oxygens (including phenoxy) is 1. The van der Waals surface area contributed by atoms with Crippen LogP contribution in [0.5, 0.6) is 5.75 Å². The summed E-state index contributed by atoms with van der Waals surface area (Å²) in [6.45, 7) is 1.01. The van der Waals surface area contributed by atoms with Gasteiger partial charge in [0.25, 0.3) is 5.69 Å². The van der Waals surface area contributed by atoms with E-state index >= 15 is 0 Å². The van der Waals surface area contributed by atoms with Crippen LogP contribution < -0.4 is 9.64 Å². The van der Waals surface area contributed by atoms with Crippen LogP contribution in [-0.4, -0.2) is 36.2 Å². The average Bonchev–Trinajstić information content (AvgIpc) is 2.46. The van der Waals surface area contributed by atoms with Gasteiger partial charge in [-0.1, -0.05) is 0 Å². The summed E-state index contributed by atoms with van der Waals surface area (Å²) in [5.41, 5.74) is 0.498. The van der Waals surface area contributed by atoms with E-state index < -0.39 is 10.9 Å². The first-order chi connectivity index (χ1) is 9.52. The molecule has 0 bridgehead atoms. The summed E-state index contributed by atoms with van der Waals surface area (Å²) in [6.07, 6.45) is 0.997. The molecular formula is C13H16N2O5. The smallest absolute Gasteiger partial charge is 0.306 e. The number of hydrogen-bond donors (Lipinski definition) is 1. The zero-order valence-electron chi connectivity index (χ0n) is 11.1. The first-order valence-electron chi connectivity index (χ1n) is 6.33. The van der Waals surface area contributed by atoms with Gasteiger partial charge in [0.1, 0.15) is 11.4 Å². The Balaban J connectivity index is 2.21. The molecule has 0 unspecified atom stereocenters. The van der Waals surface area contributed by atoms with E-state index in [4.69, 9.17) is 9.84 Å². The number of aliphatic carboxylic acids is 1. The van der Waals surface area contributed by atoms with Gasteiger partial charge in [0, 0.05) is 13.1 Å². The number of methoxy groups -OCH3 is 1. The molecule has 0 atom stereocenters. The fourth-order valence-electron chi connectivity index (χ4n) is 2.41. The van der Waals surface area contributed by atoms with Gasteiger partial charge in [-0.3, -0.25) is 14.9 Å². The van der Waals surface area contributed by atoms with Crippen LogP contribution in [0.3, 0.4) is 0 Å². The van der Waals surface area contributed by atoms with Crippen molar-refractivity contribution in [3.8, 4) is 5.75 Å². The number of nitrogens with zero attached hydrogens (tertiary/aromatic N) is 2. The van der Waals surface area contributed by atoms with Crippen LogP contribution in [0.2, 0.25) is 0 Å². The van der Waals surface area contributed by atoms with E-state index in [0.29, 0.717) is 37.4 Å². The van der Waals surface area contributed by atoms with E-state index in [9.17, 15) is 14.9 Å². The minimum absolute atomic E-state index is 0.0156. The van der Waals surface area contributed by atoms with Crippen molar-refractivity contribution in [1.82, 2.24) is 0 Å². The summed E-state index contributed by atoms with van der Waals surface area (Å²) < 4.78 is 5.00. The number of carbonyl (C=O) groups is 1. The van der Waals surface area contributed by atoms with Gasteiger partial charge in [0.15, 0.2) is 0 Å². The van der Waals surface area contributed by atoms with Gasteiger partial charge in [-0.15, -0.1) is 0 Å². The number of rotatable bonds is 4. The quantitative estimate of drug-likeness (QED) is 0.669. The summed E-state index contributed by atoms with van der Waals surface area (Å²) in [4.78, 5) is 23.5. The molecule has 0 radical (unpaired) electrons. The molecule has 0 aromatic heterocycles. The van der Waals surface area contributed by atoms with Gasteiger partial charge < -0.3 is 14.7 Å². The fourth-order valence-corrected chi connectivity index (χ4v) is 2.41. The lowest BCUT2D eigenvalue weighted by Crippen LogP contribution is -2.36. The number of benzene rings is 1. The zero-order chi connectivity index (χ0) is 14.7. The highest BCUT2D eigenvalue weighted by atomic mass is 16.6. The molecule has 1 fully saturated rings. The largest absolute Gasteiger partial charge is 0.496 e. The molecule has 20 heavy (non-hydrogen) atoms. The predicted octanol–water partition coefficient (Wildman–Crippen LogP) is 1.90. The predicted molar refractivity (Wildman–Crippen MR) is 72.2 cm³/mol. The van der Waals surface area contributed by atoms with E-state index in [0.717, 1.165) is 0 Å². The maximum absolute atomic E-state index is 11.1. The van der Waals surface area contributed by atoms with E-state index in [1.165, 1.54) is 13.2 Å². The number of piperidine rings is 1. The lowest BCUT2D eigenvalue weighted by atomic mass is 9.96. The Morgan fingerprint density at radius 1 is 1.45 bits per heavy atom. The van der Waals surface area contributed by atoms with Crippen molar-refractivity contribution < 1.29 is 19.6 Å². The molecule has 0 saturated carbocycles. The average molecular weight is 280 g/mol. The molecule has 7 nitrogen and oxygen atoms in total. The maximum atomic E-state index is 11.1. The highest BCUT2D eigenvalue weighted by Crippen LogP contribution is 2.34. The van der Waals surface area contributed by atoms with E-state index in [1.807, 2.05) is 4.90 Å². The second-order valence-electron chi connectivity index (χ2n) is 4.71. The van der Waals surface area contributed by atoms with E-state index in [2.05, 4.69) is 0 Å². The molecule has 7 heteroatoms. The standard InChI is InChI=1S/C13H16N2O5/c1-20-10-2-3-11(12(8-10)15(18)19)14-6-4-9(5-7-14)13(16)17/h2-3,8-9H,4-7H2,1H3,(H,16,17). The SMILES string of the molecule is COc1ccc(N2CCC(C(=O)O)CC2)c([N+](=O)[O-])c1. The van der Waals surface area contributed by atoms with Crippen molar-refractivity contribution >= 4 is 17.3 Å². The maximum Gasteiger partial charge on any atom is 0.306 e. The third kappa shape index (κ3) is 2.81. The number of hydrogen-bond acceptors (Lipinski definition) is 5. The molecule has 2 rings (SSSR count). The molecule has 1 saturated heterocycles. The van der Waals surface area contributed by atoms with Crippen LogP contribution in [0.25, 0.3) is 0 Å². The van der Waals surface area contributed by atoms with Crippen LogP contribution in [0, 0.1) is 16.0 Å². The molecule has 108 valence electrons. The van der Waals surface area contributed by atoms with Crippen molar-refractivity contribution in [2.24, 2.45) is 5.92 Å². The van der Waals surface area contributed by atoms with Crippen LogP contribution in [-0.2, 0) is 4.79 Å². The fraction of sp³-hybridized carbons (Fsp3) is 0.462. The molecule has 1 aliphatic rings. The number of carboxylic acids is 1. The Labute approximate surface area is 115 Å². The normalized spacial score (nSPS) is 15.9. The second-order valence-corrected chi connectivity index (χ2v) is 4.71. The monoisotopic (exact) mass is 280 g/mol. The summed E-state index contributed by atoms with van der Waals surface area (Å²) in [6, 6.07) is 4.71. The molecule has 0 amide bonds. The first-order valence-corrected chi connectivity index (χ1v) is 6.33. The van der Waals surface area contributed by atoms with Gasteiger partial charge in [-0.05, 0) is 25.0 Å². The Kier molecular flexibility index (Phi) is 4.07. The van der Waals surface area contributed by atoms with Gasteiger partial charge in [-0.25, -0.2) is 0 Å². The third-order valence-electron chi connectivity index (χ3n) is 3.56. The summed E-state index contributed by atoms with van der Waals surface area (Å²) >= 11 is 0. The second kappa shape index (κ2) is 5.77. The molecule has 0 spiro atoms. The van der Waals surface area contributed by atoms with Crippen LogP contribution in [0.15, 0.2) is 18.2 Å². The third-order valence-corrected chi connectivity index (χ3v) is 3.56. The van der Waals surface area contributed by atoms with E-state index in [1.54, 1.807) is 12.1 Å². The first kappa shape index (κ1) is 14.1. The van der Waals surface area contributed by atoms with Crippen molar-refractivity contribution in [2.75, 3.05) is 25.1 Å². The number of nitro benzene ring substituents is 1. The molecule has 1 heterocycles. The van der Waals surface area contributed by atoms with Crippen LogP contribution >= 0.6 is 0 Å². The lowest BCUT2D eigenvalue weighted by Gasteiger charge is -2.31. The van der Waals surface area contributed by atoms with Gasteiger partial charge >= 0.3 is 5.97 Å². The van der Waals surface area contributed by atoms with Crippen LogP contribution in [0.4, 0.5) is 11.4 Å². The lowest BCUT2D eigenvalue weighted by molar-refractivity contribution is -0.384. The molecule has 1 aromatic carbocycles. The number of nitro groups is 1. The molecule has 1 N–H and O–H groups in total. The molecule has 1 aromatic rings. The van der Waals surface area contributed by atoms with Crippen molar-refractivity contribution in [3.05, 3.63) is 28.3 Å². The summed E-state index contributed by atoms with van der Waals surface area (Å²) in [5.74, 6) is -0.724. The topological polar surface area (TPSA) is 92.9 Å². The Hall–Kier alpha value is -2.31. The van der Waals surface area contributed by atoms with Crippen LogP contribution in [0.1, 0.15) is 12.8 Å². The van der Waals surface area contributed by atoms with Crippen molar-refractivity contribution in [3.63, 3.8) is 0 Å². The number of anilines is 1. The summed E-state index contributed by atoms with van der Waals surface area (Å²) in [5, 5.41) is 20.1. The Morgan fingerprint density at radius 3 is 2.60 bits per heavy atom. The highest BCUT2D eigenvalue weighted by Gasteiger charge is 2.28. The van der Waals surface area contributed by atoms with Crippen molar-refractivity contribution in [1.29, 1.82) is 0 Å². The highest BCUT2D eigenvalue weighted by molar-refractivity contribution is 5.71. The minimum atomic E-state index is -0.797.